The second-order valence-corrected chi connectivity index (χ2v) is 4.83. The van der Waals surface area contributed by atoms with Crippen LogP contribution in [0, 0.1) is 6.92 Å². The van der Waals surface area contributed by atoms with E-state index in [4.69, 9.17) is 5.73 Å². The summed E-state index contributed by atoms with van der Waals surface area (Å²) in [7, 11) is 0. The Bertz CT molecular complexity index is 525. The fourth-order valence-corrected chi connectivity index (χ4v) is 1.91. The molecular formula is C13H15BrN4. The molecule has 0 saturated heterocycles. The topological polar surface area (TPSA) is 63.8 Å². The number of benzene rings is 1. The molecule has 0 aliphatic carbocycles. The molecule has 1 heterocycles. The van der Waals surface area contributed by atoms with Gasteiger partial charge in [-0.25, -0.2) is 9.97 Å². The molecule has 1 aromatic carbocycles. The van der Waals surface area contributed by atoms with Crippen molar-refractivity contribution < 1.29 is 0 Å². The van der Waals surface area contributed by atoms with E-state index in [0.29, 0.717) is 19.0 Å². The Morgan fingerprint density at radius 1 is 1.28 bits per heavy atom. The molecule has 4 nitrogen and oxygen atoms in total. The van der Waals surface area contributed by atoms with Crippen molar-refractivity contribution in [2.45, 2.75) is 6.92 Å². The number of nitrogens with two attached hydrogens (primary N) is 1. The second kappa shape index (κ2) is 5.93. The number of halogens is 1. The van der Waals surface area contributed by atoms with Crippen LogP contribution >= 0.6 is 15.9 Å². The zero-order valence-electron chi connectivity index (χ0n) is 10.2. The Balaban J connectivity index is 2.26. The number of hydrogen-bond acceptors (Lipinski definition) is 4. The molecule has 5 heteroatoms. The molecule has 0 atom stereocenters. The van der Waals surface area contributed by atoms with Crippen molar-refractivity contribution in [2.75, 3.05) is 18.4 Å². The van der Waals surface area contributed by atoms with Crippen LogP contribution in [-0.4, -0.2) is 23.1 Å². The van der Waals surface area contributed by atoms with Gasteiger partial charge in [0.25, 0.3) is 0 Å². The van der Waals surface area contributed by atoms with Gasteiger partial charge in [0.05, 0.1) is 5.69 Å². The zero-order chi connectivity index (χ0) is 13.0. The summed E-state index contributed by atoms with van der Waals surface area (Å²) in [6.07, 6.45) is 1.84. The predicted molar refractivity (Wildman–Crippen MR) is 77.4 cm³/mol. The van der Waals surface area contributed by atoms with Gasteiger partial charge < -0.3 is 11.1 Å². The average Bonchev–Trinajstić information content (AvgIpc) is 2.38. The van der Waals surface area contributed by atoms with Crippen LogP contribution in [0.15, 0.2) is 34.9 Å². The maximum absolute atomic E-state index is 5.43. The molecule has 0 aliphatic rings. The van der Waals surface area contributed by atoms with Gasteiger partial charge >= 0.3 is 0 Å². The molecule has 94 valence electrons. The minimum Gasteiger partial charge on any atom is -0.353 e. The van der Waals surface area contributed by atoms with E-state index in [1.165, 1.54) is 0 Å². The first-order valence-electron chi connectivity index (χ1n) is 5.74. The first-order chi connectivity index (χ1) is 8.70. The minimum absolute atomic E-state index is 0.566. The number of aryl methyl sites for hydroxylation is 1. The molecular weight excluding hydrogens is 292 g/mol. The highest BCUT2D eigenvalue weighted by Gasteiger charge is 2.05. The molecule has 0 bridgehead atoms. The molecule has 2 aromatic rings. The van der Waals surface area contributed by atoms with Crippen LogP contribution < -0.4 is 11.1 Å². The van der Waals surface area contributed by atoms with Gasteiger partial charge in [-0.3, -0.25) is 0 Å². The summed E-state index contributed by atoms with van der Waals surface area (Å²) in [5, 5.41) is 3.07. The van der Waals surface area contributed by atoms with E-state index in [9.17, 15) is 0 Å². The minimum atomic E-state index is 0.566. The summed E-state index contributed by atoms with van der Waals surface area (Å²) in [5.74, 6) is 0.624. The molecule has 0 unspecified atom stereocenters. The number of rotatable bonds is 4. The number of anilines is 1. The highest BCUT2D eigenvalue weighted by molar-refractivity contribution is 9.10. The Morgan fingerprint density at radius 3 is 2.61 bits per heavy atom. The van der Waals surface area contributed by atoms with Gasteiger partial charge in [-0.2, -0.15) is 0 Å². The third kappa shape index (κ3) is 3.05. The van der Waals surface area contributed by atoms with Gasteiger partial charge in [-0.1, -0.05) is 28.1 Å². The van der Waals surface area contributed by atoms with Crippen LogP contribution in [0.1, 0.15) is 5.69 Å². The van der Waals surface area contributed by atoms with Gasteiger partial charge in [0.15, 0.2) is 0 Å². The summed E-state index contributed by atoms with van der Waals surface area (Å²) >= 11 is 3.42. The number of aromatic nitrogens is 2. The molecule has 1 aromatic heterocycles. The third-order valence-electron chi connectivity index (χ3n) is 2.56. The molecule has 0 fully saturated rings. The lowest BCUT2D eigenvalue weighted by Gasteiger charge is -2.08. The highest BCUT2D eigenvalue weighted by Crippen LogP contribution is 2.23. The maximum Gasteiger partial charge on any atom is 0.222 e. The van der Waals surface area contributed by atoms with Crippen molar-refractivity contribution in [1.82, 2.24) is 9.97 Å². The van der Waals surface area contributed by atoms with Crippen LogP contribution in [0.3, 0.4) is 0 Å². The SMILES string of the molecule is Cc1nc(NCCN)ncc1-c1ccc(Br)cc1. The van der Waals surface area contributed by atoms with E-state index in [2.05, 4.69) is 31.2 Å². The van der Waals surface area contributed by atoms with Gasteiger partial charge in [0.1, 0.15) is 0 Å². The van der Waals surface area contributed by atoms with Crippen LogP contribution in [0.2, 0.25) is 0 Å². The molecule has 3 N–H and O–H groups in total. The van der Waals surface area contributed by atoms with E-state index in [-0.39, 0.29) is 0 Å². The van der Waals surface area contributed by atoms with Crippen LogP contribution in [0.4, 0.5) is 5.95 Å². The summed E-state index contributed by atoms with van der Waals surface area (Å²) in [6.45, 7) is 3.22. The van der Waals surface area contributed by atoms with Crippen molar-refractivity contribution in [1.29, 1.82) is 0 Å². The monoisotopic (exact) mass is 306 g/mol. The van der Waals surface area contributed by atoms with Gasteiger partial charge in [0.2, 0.25) is 5.95 Å². The highest BCUT2D eigenvalue weighted by atomic mass is 79.9. The molecule has 0 saturated carbocycles. The number of nitrogens with one attached hydrogen (secondary N) is 1. The Labute approximate surface area is 115 Å². The normalized spacial score (nSPS) is 10.4. The Morgan fingerprint density at radius 2 is 2.00 bits per heavy atom. The standard InChI is InChI=1S/C13H15BrN4/c1-9-12(10-2-4-11(14)5-3-10)8-17-13(18-9)16-7-6-15/h2-5,8H,6-7,15H2,1H3,(H,16,17,18). The van der Waals surface area contributed by atoms with E-state index < -0.39 is 0 Å². The molecule has 0 radical (unpaired) electrons. The fourth-order valence-electron chi connectivity index (χ4n) is 1.65. The lowest BCUT2D eigenvalue weighted by molar-refractivity contribution is 0.980. The van der Waals surface area contributed by atoms with Crippen molar-refractivity contribution in [3.8, 4) is 11.1 Å². The second-order valence-electron chi connectivity index (χ2n) is 3.92. The van der Waals surface area contributed by atoms with E-state index >= 15 is 0 Å². The van der Waals surface area contributed by atoms with Crippen LogP contribution in [-0.2, 0) is 0 Å². The van der Waals surface area contributed by atoms with Crippen LogP contribution in [0.5, 0.6) is 0 Å². The Kier molecular flexibility index (Phi) is 4.28. The fraction of sp³-hybridized carbons (Fsp3) is 0.231. The molecule has 18 heavy (non-hydrogen) atoms. The first kappa shape index (κ1) is 13.0. The van der Waals surface area contributed by atoms with Crippen molar-refractivity contribution in [3.05, 3.63) is 40.6 Å². The zero-order valence-corrected chi connectivity index (χ0v) is 11.7. The first-order valence-corrected chi connectivity index (χ1v) is 6.53. The molecule has 2 rings (SSSR count). The van der Waals surface area contributed by atoms with E-state index in [1.54, 1.807) is 0 Å². The van der Waals surface area contributed by atoms with E-state index in [1.807, 2.05) is 37.4 Å². The number of nitrogens with zero attached hydrogens (tertiary/aromatic N) is 2. The summed E-state index contributed by atoms with van der Waals surface area (Å²) in [6, 6.07) is 8.11. The van der Waals surface area contributed by atoms with Crippen molar-refractivity contribution in [2.24, 2.45) is 5.73 Å². The van der Waals surface area contributed by atoms with Crippen LogP contribution in [0.25, 0.3) is 11.1 Å². The van der Waals surface area contributed by atoms with Gasteiger partial charge in [-0.05, 0) is 24.6 Å². The lowest BCUT2D eigenvalue weighted by Crippen LogP contribution is -2.15. The maximum atomic E-state index is 5.43. The summed E-state index contributed by atoms with van der Waals surface area (Å²) in [4.78, 5) is 8.71. The predicted octanol–water partition coefficient (Wildman–Crippen LogP) is 2.59. The molecule has 0 amide bonds. The van der Waals surface area contributed by atoms with Gasteiger partial charge in [-0.15, -0.1) is 0 Å². The Hall–Kier alpha value is -1.46. The summed E-state index contributed by atoms with van der Waals surface area (Å²) in [5.41, 5.74) is 8.53. The van der Waals surface area contributed by atoms with E-state index in [0.717, 1.165) is 21.3 Å². The lowest BCUT2D eigenvalue weighted by atomic mass is 10.1. The van der Waals surface area contributed by atoms with Crippen molar-refractivity contribution >= 4 is 21.9 Å². The van der Waals surface area contributed by atoms with Crippen molar-refractivity contribution in [3.63, 3.8) is 0 Å². The smallest absolute Gasteiger partial charge is 0.222 e. The average molecular weight is 307 g/mol. The van der Waals surface area contributed by atoms with Gasteiger partial charge in [0, 0.05) is 29.3 Å². The molecule has 0 aliphatic heterocycles. The third-order valence-corrected chi connectivity index (χ3v) is 3.09. The largest absolute Gasteiger partial charge is 0.353 e. The molecule has 0 spiro atoms. The quantitative estimate of drug-likeness (QED) is 0.911. The summed E-state index contributed by atoms with van der Waals surface area (Å²) < 4.78 is 1.06. The number of hydrogen-bond donors (Lipinski definition) is 2.